The van der Waals surface area contributed by atoms with Crippen LogP contribution in [0.1, 0.15) is 5.56 Å². The molecule has 0 amide bonds. The molecular weight excluding hydrogens is 326 g/mol. The predicted molar refractivity (Wildman–Crippen MR) is 86.7 cm³/mol. The zero-order valence-corrected chi connectivity index (χ0v) is 12.9. The molecule has 1 fully saturated rings. The highest BCUT2D eigenvalue weighted by molar-refractivity contribution is 8.25. The van der Waals surface area contributed by atoms with Gasteiger partial charge in [-0.1, -0.05) is 12.1 Å². The van der Waals surface area contributed by atoms with E-state index < -0.39 is 16.7 Å². The zero-order chi connectivity index (χ0) is 16.1. The molecule has 1 aromatic carbocycles. The van der Waals surface area contributed by atoms with E-state index in [0.29, 0.717) is 4.24 Å². The Morgan fingerprint density at radius 1 is 1.23 bits per heavy atom. The third-order valence-corrected chi connectivity index (χ3v) is 5.48. The van der Waals surface area contributed by atoms with Crippen LogP contribution in [0, 0.1) is 10.1 Å². The molecule has 1 aromatic rings. The molecule has 0 spiro atoms. The molecule has 0 aromatic heterocycles. The predicted octanol–water partition coefficient (Wildman–Crippen LogP) is 2.95. The first-order valence-corrected chi connectivity index (χ1v) is 8.17. The summed E-state index contributed by atoms with van der Waals surface area (Å²) in [6.07, 6.45) is 2.34. The molecule has 0 bridgehead atoms. The minimum absolute atomic E-state index is 0.138. The van der Waals surface area contributed by atoms with Crippen LogP contribution in [-0.4, -0.2) is 33.3 Å². The summed E-state index contributed by atoms with van der Waals surface area (Å²) in [4.78, 5) is 33.7. The standard InChI is InChI=1S/C14H11NO5S2/c16-11(12(13(17)18)14-21-7-8-22-14)6-5-9-3-1-2-4-10(9)15(19)20/h1-6H,7-8H2,(H,17,18)/b6-5-. The van der Waals surface area contributed by atoms with Crippen molar-refractivity contribution in [3.63, 3.8) is 0 Å². The summed E-state index contributed by atoms with van der Waals surface area (Å²) in [5.74, 6) is -0.424. The highest BCUT2D eigenvalue weighted by atomic mass is 32.2. The van der Waals surface area contributed by atoms with E-state index in [4.69, 9.17) is 0 Å². The van der Waals surface area contributed by atoms with Crippen molar-refractivity contribution in [2.24, 2.45) is 0 Å². The molecule has 22 heavy (non-hydrogen) atoms. The Morgan fingerprint density at radius 3 is 2.45 bits per heavy atom. The number of ketones is 1. The second-order valence-corrected chi connectivity index (χ2v) is 6.65. The monoisotopic (exact) mass is 337 g/mol. The third-order valence-electron chi connectivity index (χ3n) is 2.76. The lowest BCUT2D eigenvalue weighted by molar-refractivity contribution is -0.385. The van der Waals surface area contributed by atoms with Gasteiger partial charge in [0, 0.05) is 17.6 Å². The van der Waals surface area contributed by atoms with Crippen molar-refractivity contribution in [1.29, 1.82) is 0 Å². The van der Waals surface area contributed by atoms with Crippen LogP contribution >= 0.6 is 23.5 Å². The van der Waals surface area contributed by atoms with Crippen molar-refractivity contribution >= 4 is 47.0 Å². The lowest BCUT2D eigenvalue weighted by Crippen LogP contribution is -2.11. The summed E-state index contributed by atoms with van der Waals surface area (Å²) in [6.45, 7) is 0. The Balaban J connectivity index is 2.30. The number of thioether (sulfide) groups is 2. The Kier molecular flexibility index (Phi) is 5.40. The number of carboxylic acid groups (broad SMARTS) is 1. The molecule has 1 aliphatic rings. The van der Waals surface area contributed by atoms with Gasteiger partial charge in [-0.05, 0) is 18.2 Å². The molecule has 1 heterocycles. The quantitative estimate of drug-likeness (QED) is 0.290. The van der Waals surface area contributed by atoms with Gasteiger partial charge in [-0.15, -0.1) is 23.5 Å². The van der Waals surface area contributed by atoms with Gasteiger partial charge in [0.2, 0.25) is 0 Å². The first-order valence-electron chi connectivity index (χ1n) is 6.19. The number of nitrogens with zero attached hydrogens (tertiary/aromatic N) is 1. The Bertz CT molecular complexity index is 688. The molecule has 0 aliphatic carbocycles. The molecule has 8 heteroatoms. The van der Waals surface area contributed by atoms with Crippen LogP contribution in [0.5, 0.6) is 0 Å². The van der Waals surface area contributed by atoms with Gasteiger partial charge in [0.05, 0.1) is 14.7 Å². The number of benzene rings is 1. The minimum atomic E-state index is -1.28. The third kappa shape index (κ3) is 3.77. The van der Waals surface area contributed by atoms with Gasteiger partial charge in [-0.3, -0.25) is 14.9 Å². The van der Waals surface area contributed by atoms with Crippen LogP contribution in [0.3, 0.4) is 0 Å². The molecule has 6 nitrogen and oxygen atoms in total. The van der Waals surface area contributed by atoms with Crippen molar-refractivity contribution in [3.8, 4) is 0 Å². The van der Waals surface area contributed by atoms with Gasteiger partial charge < -0.3 is 5.11 Å². The number of carbonyl (C=O) groups excluding carboxylic acids is 1. The Labute approximate surface area is 134 Å². The van der Waals surface area contributed by atoms with Gasteiger partial charge in [0.25, 0.3) is 5.69 Å². The van der Waals surface area contributed by atoms with Crippen LogP contribution in [0.25, 0.3) is 6.08 Å². The largest absolute Gasteiger partial charge is 0.477 e. The van der Waals surface area contributed by atoms with Crippen molar-refractivity contribution in [2.45, 2.75) is 0 Å². The van der Waals surface area contributed by atoms with Crippen LogP contribution in [0.4, 0.5) is 5.69 Å². The van der Waals surface area contributed by atoms with Crippen LogP contribution in [0.15, 0.2) is 40.2 Å². The number of nitro benzene ring substituents is 1. The minimum Gasteiger partial charge on any atom is -0.477 e. The average molecular weight is 337 g/mol. The molecule has 1 aliphatic heterocycles. The first-order chi connectivity index (χ1) is 10.5. The van der Waals surface area contributed by atoms with Crippen molar-refractivity contribution in [2.75, 3.05) is 11.5 Å². The first kappa shape index (κ1) is 16.3. The van der Waals surface area contributed by atoms with Crippen molar-refractivity contribution in [3.05, 3.63) is 55.8 Å². The number of nitro groups is 1. The summed E-state index contributed by atoms with van der Waals surface area (Å²) in [6, 6.07) is 5.95. The number of carboxylic acids is 1. The number of rotatable bonds is 5. The SMILES string of the molecule is O=C(O)C(C(=O)/C=C\c1ccccc1[N+](=O)[O-])=C1SCCS1. The highest BCUT2D eigenvalue weighted by Gasteiger charge is 2.24. The molecule has 2 rings (SSSR count). The van der Waals surface area contributed by atoms with Crippen molar-refractivity contribution < 1.29 is 19.6 Å². The average Bonchev–Trinajstić information content (AvgIpc) is 2.99. The van der Waals surface area contributed by atoms with Gasteiger partial charge in [-0.25, -0.2) is 4.79 Å². The maximum Gasteiger partial charge on any atom is 0.341 e. The summed E-state index contributed by atoms with van der Waals surface area (Å²) in [5.41, 5.74) is -0.162. The van der Waals surface area contributed by atoms with Gasteiger partial charge >= 0.3 is 5.97 Å². The van der Waals surface area contributed by atoms with E-state index in [1.165, 1.54) is 47.8 Å². The molecule has 0 saturated carbocycles. The molecule has 114 valence electrons. The van der Waals surface area contributed by atoms with E-state index in [-0.39, 0.29) is 16.8 Å². The van der Waals surface area contributed by atoms with Gasteiger partial charge in [0.15, 0.2) is 5.78 Å². The van der Waals surface area contributed by atoms with E-state index in [1.54, 1.807) is 6.07 Å². The smallest absolute Gasteiger partial charge is 0.341 e. The van der Waals surface area contributed by atoms with Crippen LogP contribution in [-0.2, 0) is 9.59 Å². The highest BCUT2D eigenvalue weighted by Crippen LogP contribution is 2.39. The summed E-state index contributed by atoms with van der Waals surface area (Å²) in [7, 11) is 0. The summed E-state index contributed by atoms with van der Waals surface area (Å²) >= 11 is 2.67. The van der Waals surface area contributed by atoms with Crippen molar-refractivity contribution in [1.82, 2.24) is 0 Å². The number of aliphatic carboxylic acids is 1. The van der Waals surface area contributed by atoms with E-state index >= 15 is 0 Å². The van der Waals surface area contributed by atoms with E-state index in [0.717, 1.165) is 17.6 Å². The molecule has 0 atom stereocenters. The molecule has 0 unspecified atom stereocenters. The Hall–Kier alpha value is -2.06. The second kappa shape index (κ2) is 7.28. The van der Waals surface area contributed by atoms with Crippen LogP contribution < -0.4 is 0 Å². The lowest BCUT2D eigenvalue weighted by atomic mass is 10.1. The molecule has 1 saturated heterocycles. The number of para-hydroxylation sites is 1. The molecule has 1 N–H and O–H groups in total. The van der Waals surface area contributed by atoms with Gasteiger partial charge in [0.1, 0.15) is 5.57 Å². The topological polar surface area (TPSA) is 97.5 Å². The Morgan fingerprint density at radius 2 is 1.86 bits per heavy atom. The van der Waals surface area contributed by atoms with E-state index in [2.05, 4.69) is 0 Å². The summed E-state index contributed by atoms with van der Waals surface area (Å²) < 4.78 is 0.490. The maximum atomic E-state index is 12.1. The number of hydrogen-bond acceptors (Lipinski definition) is 6. The number of allylic oxidation sites excluding steroid dienone is 1. The van der Waals surface area contributed by atoms with E-state index in [1.807, 2.05) is 0 Å². The summed E-state index contributed by atoms with van der Waals surface area (Å²) in [5, 5.41) is 20.1. The second-order valence-electron chi connectivity index (χ2n) is 4.18. The van der Waals surface area contributed by atoms with Gasteiger partial charge in [-0.2, -0.15) is 0 Å². The fourth-order valence-corrected chi connectivity index (χ4v) is 4.33. The fraction of sp³-hybridized carbons (Fsp3) is 0.143. The normalized spacial score (nSPS) is 14.3. The van der Waals surface area contributed by atoms with E-state index in [9.17, 15) is 24.8 Å². The zero-order valence-electron chi connectivity index (χ0n) is 11.2. The number of hydrogen-bond donors (Lipinski definition) is 1. The van der Waals surface area contributed by atoms with Crippen LogP contribution in [0.2, 0.25) is 0 Å². The lowest BCUT2D eigenvalue weighted by Gasteiger charge is -2.01. The molecule has 0 radical (unpaired) electrons. The maximum absolute atomic E-state index is 12.1. The fourth-order valence-electron chi connectivity index (χ4n) is 1.79. The molecular formula is C14H11NO5S2. The number of carbonyl (C=O) groups is 2.